The van der Waals surface area contributed by atoms with Gasteiger partial charge >= 0.3 is 0 Å². The SMILES string of the molecule is CC(N)(COC1CCC1)c1noc(-c2ccsc2)n1. The zero-order valence-corrected chi connectivity index (χ0v) is 11.7. The highest BCUT2D eigenvalue weighted by Gasteiger charge is 2.30. The van der Waals surface area contributed by atoms with Crippen molar-refractivity contribution in [2.45, 2.75) is 37.8 Å². The Bertz CT molecular complexity index is 532. The Kier molecular flexibility index (Phi) is 3.38. The molecule has 0 amide bonds. The van der Waals surface area contributed by atoms with E-state index in [9.17, 15) is 0 Å². The molecule has 2 aromatic heterocycles. The fourth-order valence-corrected chi connectivity index (χ4v) is 2.48. The molecule has 1 unspecified atom stereocenters. The van der Waals surface area contributed by atoms with Crippen LogP contribution in [0.3, 0.4) is 0 Å². The van der Waals surface area contributed by atoms with Crippen LogP contribution >= 0.6 is 11.3 Å². The molecule has 0 saturated heterocycles. The van der Waals surface area contributed by atoms with Crippen molar-refractivity contribution in [1.82, 2.24) is 10.1 Å². The minimum absolute atomic E-state index is 0.353. The molecule has 2 N–H and O–H groups in total. The second-order valence-corrected chi connectivity index (χ2v) is 6.00. The Balaban J connectivity index is 1.69. The molecular formula is C13H17N3O2S. The summed E-state index contributed by atoms with van der Waals surface area (Å²) in [6, 6.07) is 1.95. The highest BCUT2D eigenvalue weighted by molar-refractivity contribution is 7.08. The lowest BCUT2D eigenvalue weighted by Gasteiger charge is -2.29. The summed E-state index contributed by atoms with van der Waals surface area (Å²) in [5.41, 5.74) is 6.44. The molecule has 0 radical (unpaired) electrons. The van der Waals surface area contributed by atoms with Gasteiger partial charge in [0.2, 0.25) is 0 Å². The quantitative estimate of drug-likeness (QED) is 0.910. The standard InChI is InChI=1S/C13H17N3O2S/c1-13(14,8-17-10-3-2-4-10)12-15-11(18-16-12)9-5-6-19-7-9/h5-7,10H,2-4,8,14H2,1H3. The van der Waals surface area contributed by atoms with Gasteiger partial charge in [-0.2, -0.15) is 16.3 Å². The summed E-state index contributed by atoms with van der Waals surface area (Å²) in [5, 5.41) is 7.92. The van der Waals surface area contributed by atoms with Crippen LogP contribution in [-0.4, -0.2) is 22.9 Å². The van der Waals surface area contributed by atoms with Crippen LogP contribution in [0.4, 0.5) is 0 Å². The molecule has 0 aromatic carbocycles. The van der Waals surface area contributed by atoms with Crippen LogP contribution in [0.1, 0.15) is 32.0 Å². The molecule has 19 heavy (non-hydrogen) atoms. The summed E-state index contributed by atoms with van der Waals surface area (Å²) in [5.74, 6) is 1.00. The van der Waals surface area contributed by atoms with Gasteiger partial charge in [0, 0.05) is 5.38 Å². The number of thiophene rings is 1. The predicted octanol–water partition coefficient (Wildman–Crippen LogP) is 2.54. The maximum atomic E-state index is 6.22. The van der Waals surface area contributed by atoms with Crippen LogP contribution in [0, 0.1) is 0 Å². The van der Waals surface area contributed by atoms with Crippen molar-refractivity contribution < 1.29 is 9.26 Å². The second-order valence-electron chi connectivity index (χ2n) is 5.22. The van der Waals surface area contributed by atoms with Crippen molar-refractivity contribution in [3.05, 3.63) is 22.7 Å². The van der Waals surface area contributed by atoms with Crippen molar-refractivity contribution in [3.63, 3.8) is 0 Å². The number of nitrogens with zero attached hydrogens (tertiary/aromatic N) is 2. The van der Waals surface area contributed by atoms with Crippen LogP contribution in [0.25, 0.3) is 11.5 Å². The number of hydrogen-bond donors (Lipinski definition) is 1. The zero-order valence-electron chi connectivity index (χ0n) is 10.8. The fraction of sp³-hybridized carbons (Fsp3) is 0.538. The maximum Gasteiger partial charge on any atom is 0.258 e. The maximum absolute atomic E-state index is 6.22. The van der Waals surface area contributed by atoms with E-state index in [0.29, 0.717) is 24.4 Å². The van der Waals surface area contributed by atoms with Gasteiger partial charge < -0.3 is 15.0 Å². The predicted molar refractivity (Wildman–Crippen MR) is 72.7 cm³/mol. The average Bonchev–Trinajstić information content (AvgIpc) is 2.98. The van der Waals surface area contributed by atoms with E-state index in [1.165, 1.54) is 6.42 Å². The van der Waals surface area contributed by atoms with Crippen LogP contribution in [-0.2, 0) is 10.3 Å². The van der Waals surface area contributed by atoms with Gasteiger partial charge in [-0.15, -0.1) is 0 Å². The molecule has 1 saturated carbocycles. The summed E-state index contributed by atoms with van der Waals surface area (Å²) in [6.45, 7) is 2.29. The van der Waals surface area contributed by atoms with Crippen LogP contribution < -0.4 is 5.73 Å². The molecule has 5 nitrogen and oxygen atoms in total. The first-order valence-corrected chi connectivity index (χ1v) is 7.37. The normalized spacial score (nSPS) is 19.1. The molecule has 0 aliphatic heterocycles. The molecule has 2 aromatic rings. The Hall–Kier alpha value is -1.24. The Morgan fingerprint density at radius 2 is 2.42 bits per heavy atom. The van der Waals surface area contributed by atoms with Crippen molar-refractivity contribution in [3.8, 4) is 11.5 Å². The van der Waals surface area contributed by atoms with E-state index in [2.05, 4.69) is 10.1 Å². The van der Waals surface area contributed by atoms with E-state index < -0.39 is 5.54 Å². The summed E-state index contributed by atoms with van der Waals surface area (Å²) >= 11 is 1.59. The topological polar surface area (TPSA) is 74.2 Å². The van der Waals surface area contributed by atoms with E-state index in [-0.39, 0.29) is 0 Å². The number of ether oxygens (including phenoxy) is 1. The van der Waals surface area contributed by atoms with Gasteiger partial charge in [-0.05, 0) is 37.6 Å². The lowest BCUT2D eigenvalue weighted by Crippen LogP contribution is -2.41. The van der Waals surface area contributed by atoms with Crippen molar-refractivity contribution in [2.24, 2.45) is 5.73 Å². The first kappa shape index (κ1) is 12.8. The van der Waals surface area contributed by atoms with Crippen LogP contribution in [0.15, 0.2) is 21.3 Å². The van der Waals surface area contributed by atoms with Crippen molar-refractivity contribution in [2.75, 3.05) is 6.61 Å². The summed E-state index contributed by atoms with van der Waals surface area (Å²) < 4.78 is 11.0. The minimum Gasteiger partial charge on any atom is -0.376 e. The van der Waals surface area contributed by atoms with Crippen LogP contribution in [0.5, 0.6) is 0 Å². The first-order chi connectivity index (χ1) is 9.15. The monoisotopic (exact) mass is 279 g/mol. The smallest absolute Gasteiger partial charge is 0.258 e. The third-order valence-corrected chi connectivity index (χ3v) is 4.06. The van der Waals surface area contributed by atoms with E-state index in [0.717, 1.165) is 18.4 Å². The minimum atomic E-state index is -0.715. The molecule has 1 aliphatic rings. The Labute approximate surface area is 115 Å². The highest BCUT2D eigenvalue weighted by Crippen LogP contribution is 2.26. The molecule has 0 spiro atoms. The van der Waals surface area contributed by atoms with Gasteiger partial charge in [-0.25, -0.2) is 0 Å². The van der Waals surface area contributed by atoms with Crippen molar-refractivity contribution >= 4 is 11.3 Å². The van der Waals surface area contributed by atoms with Gasteiger partial charge in [0.15, 0.2) is 5.82 Å². The Morgan fingerprint density at radius 1 is 1.58 bits per heavy atom. The third kappa shape index (κ3) is 2.70. The van der Waals surface area contributed by atoms with E-state index >= 15 is 0 Å². The lowest BCUT2D eigenvalue weighted by atomic mass is 9.95. The number of hydrogen-bond acceptors (Lipinski definition) is 6. The van der Waals surface area contributed by atoms with Gasteiger partial charge in [0.25, 0.3) is 5.89 Å². The van der Waals surface area contributed by atoms with Gasteiger partial charge in [0.05, 0.1) is 18.3 Å². The molecule has 102 valence electrons. The molecule has 2 heterocycles. The second kappa shape index (κ2) is 5.03. The lowest BCUT2D eigenvalue weighted by molar-refractivity contribution is -0.0222. The van der Waals surface area contributed by atoms with E-state index in [1.54, 1.807) is 11.3 Å². The number of aromatic nitrogens is 2. The Morgan fingerprint density at radius 3 is 3.05 bits per heavy atom. The third-order valence-electron chi connectivity index (χ3n) is 3.38. The van der Waals surface area contributed by atoms with Gasteiger partial charge in [-0.1, -0.05) is 5.16 Å². The number of rotatable bonds is 5. The van der Waals surface area contributed by atoms with Crippen molar-refractivity contribution in [1.29, 1.82) is 0 Å². The highest BCUT2D eigenvalue weighted by atomic mass is 32.1. The first-order valence-electron chi connectivity index (χ1n) is 6.42. The average molecular weight is 279 g/mol. The molecule has 1 atom stereocenters. The molecule has 1 fully saturated rings. The fourth-order valence-electron chi connectivity index (χ4n) is 1.85. The van der Waals surface area contributed by atoms with E-state index in [4.69, 9.17) is 15.0 Å². The molecule has 6 heteroatoms. The molecule has 1 aliphatic carbocycles. The molecular weight excluding hydrogens is 262 g/mol. The zero-order chi connectivity index (χ0) is 13.3. The van der Waals surface area contributed by atoms with E-state index in [1.807, 2.05) is 23.8 Å². The summed E-state index contributed by atoms with van der Waals surface area (Å²) in [7, 11) is 0. The number of nitrogens with two attached hydrogens (primary N) is 1. The summed E-state index contributed by atoms with van der Waals surface area (Å²) in [4.78, 5) is 4.37. The van der Waals surface area contributed by atoms with Gasteiger partial charge in [-0.3, -0.25) is 0 Å². The molecule has 0 bridgehead atoms. The largest absolute Gasteiger partial charge is 0.376 e. The van der Waals surface area contributed by atoms with Crippen LogP contribution in [0.2, 0.25) is 0 Å². The molecule has 3 rings (SSSR count). The summed E-state index contributed by atoms with van der Waals surface area (Å²) in [6.07, 6.45) is 3.85. The van der Waals surface area contributed by atoms with Gasteiger partial charge in [0.1, 0.15) is 5.54 Å².